The van der Waals surface area contributed by atoms with E-state index >= 15 is 0 Å². The molecule has 1 N–H and O–H groups in total. The predicted molar refractivity (Wildman–Crippen MR) is 157 cm³/mol. The van der Waals surface area contributed by atoms with Gasteiger partial charge in [-0.1, -0.05) is 103 Å². The second-order valence-electron chi connectivity index (χ2n) is 9.20. The van der Waals surface area contributed by atoms with E-state index in [0.29, 0.717) is 6.54 Å². The number of nitrogens with one attached hydrogen (secondary N) is 1. The fraction of sp³-hybridized carbons (Fsp3) is 0.310. The summed E-state index contributed by atoms with van der Waals surface area (Å²) >= 11 is 12.5. The van der Waals surface area contributed by atoms with Crippen LogP contribution in [-0.2, 0) is 32.6 Å². The average Bonchev–Trinajstić information content (AvgIpc) is 2.91. The van der Waals surface area contributed by atoms with E-state index in [1.165, 1.54) is 17.0 Å². The van der Waals surface area contributed by atoms with E-state index in [2.05, 4.69) is 5.32 Å². The Balaban J connectivity index is 2.04. The molecule has 7 nitrogen and oxygen atoms in total. The van der Waals surface area contributed by atoms with Crippen molar-refractivity contribution in [1.82, 2.24) is 10.2 Å². The van der Waals surface area contributed by atoms with Crippen molar-refractivity contribution in [3.8, 4) is 0 Å². The van der Waals surface area contributed by atoms with Gasteiger partial charge >= 0.3 is 0 Å². The van der Waals surface area contributed by atoms with E-state index in [9.17, 15) is 18.0 Å². The van der Waals surface area contributed by atoms with Crippen LogP contribution < -0.4 is 9.62 Å². The van der Waals surface area contributed by atoms with Crippen LogP contribution >= 0.6 is 23.2 Å². The van der Waals surface area contributed by atoms with Gasteiger partial charge in [-0.25, -0.2) is 8.42 Å². The molecule has 0 radical (unpaired) electrons. The normalized spacial score (nSPS) is 12.0. The van der Waals surface area contributed by atoms with Crippen molar-refractivity contribution in [3.63, 3.8) is 0 Å². The van der Waals surface area contributed by atoms with E-state index in [1.54, 1.807) is 6.07 Å². The quantitative estimate of drug-likeness (QED) is 0.273. The van der Waals surface area contributed by atoms with Crippen molar-refractivity contribution in [2.45, 2.75) is 38.8 Å². The lowest BCUT2D eigenvalue weighted by Crippen LogP contribution is -2.53. The number of hydrogen-bond donors (Lipinski definition) is 1. The molecule has 0 fully saturated rings. The molecular weight excluding hydrogens is 557 g/mol. The maximum atomic E-state index is 14.0. The Bertz CT molecular complexity index is 1360. The lowest BCUT2D eigenvalue weighted by atomic mass is 10.0. The highest BCUT2D eigenvalue weighted by atomic mass is 35.5. The first-order chi connectivity index (χ1) is 18.6. The van der Waals surface area contributed by atoms with Gasteiger partial charge < -0.3 is 10.2 Å². The Morgan fingerprint density at radius 1 is 0.897 bits per heavy atom. The van der Waals surface area contributed by atoms with Crippen LogP contribution in [0.15, 0.2) is 78.9 Å². The highest BCUT2D eigenvalue weighted by molar-refractivity contribution is 7.92. The third-order valence-electron chi connectivity index (χ3n) is 6.18. The average molecular weight is 591 g/mol. The summed E-state index contributed by atoms with van der Waals surface area (Å²) in [6.07, 6.45) is 2.96. The Labute approximate surface area is 240 Å². The van der Waals surface area contributed by atoms with Gasteiger partial charge in [0, 0.05) is 19.5 Å². The Morgan fingerprint density at radius 3 is 2.10 bits per heavy atom. The van der Waals surface area contributed by atoms with Crippen LogP contribution in [0.1, 0.15) is 30.9 Å². The van der Waals surface area contributed by atoms with Gasteiger partial charge in [0.2, 0.25) is 21.8 Å². The number of rotatable bonds is 13. The summed E-state index contributed by atoms with van der Waals surface area (Å²) in [6.45, 7) is 2.06. The van der Waals surface area contributed by atoms with Gasteiger partial charge in [0.15, 0.2) is 0 Å². The first-order valence-electron chi connectivity index (χ1n) is 12.7. The second kappa shape index (κ2) is 14.4. The largest absolute Gasteiger partial charge is 0.354 e. The van der Waals surface area contributed by atoms with Gasteiger partial charge in [-0.05, 0) is 29.7 Å². The molecule has 0 aliphatic carbocycles. The second-order valence-corrected chi connectivity index (χ2v) is 11.9. The monoisotopic (exact) mass is 589 g/mol. The Morgan fingerprint density at radius 2 is 1.51 bits per heavy atom. The SMILES string of the molecule is CCCCNC(=O)C(Cc1ccccc1)N(Cc1ccccc1)C(=O)CN(c1cccc(Cl)c1Cl)S(C)(=O)=O. The van der Waals surface area contributed by atoms with Crippen molar-refractivity contribution in [3.05, 3.63) is 100 Å². The zero-order valence-electron chi connectivity index (χ0n) is 22.0. The zero-order valence-corrected chi connectivity index (χ0v) is 24.3. The van der Waals surface area contributed by atoms with Crippen molar-refractivity contribution in [2.75, 3.05) is 23.7 Å². The minimum atomic E-state index is -3.94. The van der Waals surface area contributed by atoms with Crippen LogP contribution in [0.25, 0.3) is 0 Å². The fourth-order valence-electron chi connectivity index (χ4n) is 4.12. The first kappa shape index (κ1) is 30.5. The van der Waals surface area contributed by atoms with Crippen molar-refractivity contribution in [2.24, 2.45) is 0 Å². The third kappa shape index (κ3) is 8.71. The van der Waals surface area contributed by atoms with Crippen molar-refractivity contribution < 1.29 is 18.0 Å². The van der Waals surface area contributed by atoms with E-state index in [1.807, 2.05) is 67.6 Å². The Kier molecular flexibility index (Phi) is 11.2. The summed E-state index contributed by atoms with van der Waals surface area (Å²) in [7, 11) is -3.94. The lowest BCUT2D eigenvalue weighted by Gasteiger charge is -2.33. The molecule has 3 aromatic rings. The molecule has 1 unspecified atom stereocenters. The number of amides is 2. The topological polar surface area (TPSA) is 86.8 Å². The molecule has 208 valence electrons. The molecule has 39 heavy (non-hydrogen) atoms. The van der Waals surface area contributed by atoms with Gasteiger partial charge in [0.1, 0.15) is 12.6 Å². The van der Waals surface area contributed by atoms with E-state index < -0.39 is 28.5 Å². The van der Waals surface area contributed by atoms with Crippen LogP contribution in [0.2, 0.25) is 10.0 Å². The van der Waals surface area contributed by atoms with Crippen LogP contribution in [0.4, 0.5) is 5.69 Å². The van der Waals surface area contributed by atoms with Gasteiger partial charge in [-0.15, -0.1) is 0 Å². The number of halogens is 2. The summed E-state index contributed by atoms with van der Waals surface area (Å²) in [5.41, 5.74) is 1.76. The molecule has 0 saturated heterocycles. The fourth-order valence-corrected chi connectivity index (χ4v) is 5.42. The molecule has 3 rings (SSSR count). The van der Waals surface area contributed by atoms with Gasteiger partial charge in [-0.3, -0.25) is 13.9 Å². The number of sulfonamides is 1. The molecule has 2 amide bonds. The van der Waals surface area contributed by atoms with Crippen LogP contribution in [-0.4, -0.2) is 50.5 Å². The van der Waals surface area contributed by atoms with Crippen molar-refractivity contribution in [1.29, 1.82) is 0 Å². The van der Waals surface area contributed by atoms with E-state index in [0.717, 1.165) is 34.5 Å². The molecule has 3 aromatic carbocycles. The molecule has 0 aliphatic heterocycles. The van der Waals surface area contributed by atoms with Crippen molar-refractivity contribution >= 4 is 50.7 Å². The predicted octanol–water partition coefficient (Wildman–Crippen LogP) is 5.32. The molecule has 0 aromatic heterocycles. The minimum Gasteiger partial charge on any atom is -0.354 e. The molecule has 10 heteroatoms. The number of anilines is 1. The molecular formula is C29H33Cl2N3O4S. The molecule has 0 spiro atoms. The van der Waals surface area contributed by atoms with E-state index in [-0.39, 0.29) is 34.6 Å². The van der Waals surface area contributed by atoms with E-state index in [4.69, 9.17) is 23.2 Å². The summed E-state index contributed by atoms with van der Waals surface area (Å²) in [5, 5.41) is 3.13. The van der Waals surface area contributed by atoms with Gasteiger partial charge in [0.05, 0.1) is 22.0 Å². The molecule has 1 atom stereocenters. The van der Waals surface area contributed by atoms with Gasteiger partial charge in [-0.2, -0.15) is 0 Å². The lowest BCUT2D eigenvalue weighted by molar-refractivity contribution is -0.140. The number of nitrogens with zero attached hydrogens (tertiary/aromatic N) is 2. The molecule has 0 saturated carbocycles. The maximum Gasteiger partial charge on any atom is 0.244 e. The van der Waals surface area contributed by atoms with Gasteiger partial charge in [0.25, 0.3) is 0 Å². The summed E-state index contributed by atoms with van der Waals surface area (Å²) in [6, 6.07) is 22.4. The highest BCUT2D eigenvalue weighted by Crippen LogP contribution is 2.33. The van der Waals surface area contributed by atoms with Crippen LogP contribution in [0, 0.1) is 0 Å². The highest BCUT2D eigenvalue weighted by Gasteiger charge is 2.33. The first-order valence-corrected chi connectivity index (χ1v) is 15.3. The standard InChI is InChI=1S/C29H33Cl2N3O4S/c1-3-4-18-32-29(36)26(19-22-12-7-5-8-13-22)33(20-23-14-9-6-10-15-23)27(35)21-34(39(2,37)38)25-17-11-16-24(30)28(25)31/h5-17,26H,3-4,18-21H2,1-2H3,(H,32,36). The molecule has 0 aliphatic rings. The number of hydrogen-bond acceptors (Lipinski definition) is 4. The summed E-state index contributed by atoms with van der Waals surface area (Å²) < 4.78 is 26.6. The van der Waals surface area contributed by atoms with Crippen LogP contribution in [0.3, 0.4) is 0 Å². The molecule has 0 heterocycles. The number of benzene rings is 3. The summed E-state index contributed by atoms with van der Waals surface area (Å²) in [4.78, 5) is 29.0. The number of unbranched alkanes of at least 4 members (excludes halogenated alkanes) is 1. The zero-order chi connectivity index (χ0) is 28.4. The maximum absolute atomic E-state index is 14.0. The number of carbonyl (C=O) groups is 2. The van der Waals surface area contributed by atoms with Crippen LogP contribution in [0.5, 0.6) is 0 Å². The summed E-state index contributed by atoms with van der Waals surface area (Å²) in [5.74, 6) is -0.852. The molecule has 0 bridgehead atoms. The minimum absolute atomic E-state index is 0.0187. The third-order valence-corrected chi connectivity index (χ3v) is 8.11. The number of carbonyl (C=O) groups excluding carboxylic acids is 2. The smallest absolute Gasteiger partial charge is 0.244 e. The Hall–Kier alpha value is -3.07.